The fourth-order valence-corrected chi connectivity index (χ4v) is 1.06. The molecule has 0 fully saturated rings. The molecule has 1 rings (SSSR count). The van der Waals surface area contributed by atoms with E-state index in [0.29, 0.717) is 0 Å². The zero-order valence-corrected chi connectivity index (χ0v) is 10.4. The lowest BCUT2D eigenvalue weighted by Crippen LogP contribution is -2.17. The third-order valence-corrected chi connectivity index (χ3v) is 1.88. The highest BCUT2D eigenvalue weighted by atomic mass is 35.6. The Labute approximate surface area is 108 Å². The monoisotopic (exact) mass is 282 g/mol. The van der Waals surface area contributed by atoms with E-state index in [1.54, 1.807) is 0 Å². The molecule has 0 aliphatic heterocycles. The van der Waals surface area contributed by atoms with Crippen LogP contribution in [0.3, 0.4) is 0 Å². The van der Waals surface area contributed by atoms with Crippen molar-refractivity contribution in [2.45, 2.75) is 10.4 Å². The molecule has 3 nitrogen and oxygen atoms in total. The Morgan fingerprint density at radius 1 is 1.12 bits per heavy atom. The maximum atomic E-state index is 11.0. The van der Waals surface area contributed by atoms with Gasteiger partial charge in [-0.15, -0.1) is 0 Å². The van der Waals surface area contributed by atoms with Gasteiger partial charge in [-0.1, -0.05) is 65.1 Å². The Balaban J connectivity index is 2.26. The van der Waals surface area contributed by atoms with Gasteiger partial charge in [-0.2, -0.15) is 0 Å². The molecule has 0 aliphatic rings. The van der Waals surface area contributed by atoms with Crippen LogP contribution in [0.2, 0.25) is 0 Å². The summed E-state index contributed by atoms with van der Waals surface area (Å²) in [6.45, 7) is -0.217. The highest BCUT2D eigenvalue weighted by molar-refractivity contribution is 6.67. The van der Waals surface area contributed by atoms with E-state index in [4.69, 9.17) is 39.5 Å². The van der Waals surface area contributed by atoms with Gasteiger partial charge in [0.25, 0.3) is 0 Å². The maximum Gasteiger partial charge on any atom is 0.508 e. The zero-order chi connectivity index (χ0) is 12.0. The van der Waals surface area contributed by atoms with Gasteiger partial charge in [0.05, 0.1) is 0 Å². The van der Waals surface area contributed by atoms with Crippen LogP contribution >= 0.6 is 34.8 Å². The Kier molecular flexibility index (Phi) is 5.19. The summed E-state index contributed by atoms with van der Waals surface area (Å²) in [6.07, 6.45) is -0.866. The third kappa shape index (κ3) is 6.05. The smallest absolute Gasteiger partial charge is 0.430 e. The Hall–Kier alpha value is -0.640. The highest BCUT2D eigenvalue weighted by Gasteiger charge is 2.22. The van der Waals surface area contributed by atoms with Crippen molar-refractivity contribution >= 4 is 41.0 Å². The van der Waals surface area contributed by atoms with Crippen molar-refractivity contribution < 1.29 is 14.3 Å². The van der Waals surface area contributed by atoms with Crippen LogP contribution < -0.4 is 0 Å². The van der Waals surface area contributed by atoms with E-state index in [2.05, 4.69) is 4.74 Å². The summed E-state index contributed by atoms with van der Waals surface area (Å²) in [4.78, 5) is 11.0. The molecular formula is C10H9Cl3O3. The number of hydrogen-bond acceptors (Lipinski definition) is 3. The SMILES string of the molecule is O=C(OCc1ccccc1)OCC(Cl)(Cl)Cl. The summed E-state index contributed by atoms with van der Waals surface area (Å²) in [5.74, 6) is 0. The van der Waals surface area contributed by atoms with Crippen LogP contribution in [-0.4, -0.2) is 16.6 Å². The Morgan fingerprint density at radius 2 is 1.75 bits per heavy atom. The Bertz CT molecular complexity index is 335. The van der Waals surface area contributed by atoms with Crippen LogP contribution in [-0.2, 0) is 16.1 Å². The number of carbonyl (C=O) groups is 1. The number of hydrogen-bond donors (Lipinski definition) is 0. The lowest BCUT2D eigenvalue weighted by Gasteiger charge is -2.11. The van der Waals surface area contributed by atoms with E-state index < -0.39 is 9.95 Å². The molecule has 0 spiro atoms. The lowest BCUT2D eigenvalue weighted by molar-refractivity contribution is 0.0512. The van der Waals surface area contributed by atoms with Gasteiger partial charge >= 0.3 is 6.16 Å². The fraction of sp³-hybridized carbons (Fsp3) is 0.300. The van der Waals surface area contributed by atoms with Crippen LogP contribution in [0, 0.1) is 0 Å². The molecule has 0 aromatic heterocycles. The lowest BCUT2D eigenvalue weighted by atomic mass is 10.2. The van der Waals surface area contributed by atoms with Crippen molar-refractivity contribution in [3.63, 3.8) is 0 Å². The van der Waals surface area contributed by atoms with Gasteiger partial charge in [0.15, 0.2) is 0 Å². The van der Waals surface area contributed by atoms with Gasteiger partial charge in [-0.05, 0) is 5.56 Å². The number of ether oxygens (including phenoxy) is 2. The van der Waals surface area contributed by atoms with E-state index >= 15 is 0 Å². The summed E-state index contributed by atoms with van der Waals surface area (Å²) >= 11 is 16.2. The van der Waals surface area contributed by atoms with E-state index in [0.717, 1.165) is 5.56 Å². The molecule has 1 aromatic rings. The summed E-state index contributed by atoms with van der Waals surface area (Å²) in [6, 6.07) is 9.19. The second-order valence-corrected chi connectivity index (χ2v) is 5.44. The summed E-state index contributed by atoms with van der Waals surface area (Å²) in [5.41, 5.74) is 0.855. The van der Waals surface area contributed by atoms with Gasteiger partial charge in [0.2, 0.25) is 3.79 Å². The van der Waals surface area contributed by atoms with E-state index in [1.807, 2.05) is 30.3 Å². The number of benzene rings is 1. The van der Waals surface area contributed by atoms with Crippen molar-refractivity contribution in [2.24, 2.45) is 0 Å². The van der Waals surface area contributed by atoms with E-state index in [1.165, 1.54) is 0 Å². The first-order chi connectivity index (χ1) is 7.47. The number of rotatable bonds is 3. The molecule has 0 unspecified atom stereocenters. The van der Waals surface area contributed by atoms with Crippen LogP contribution in [0.1, 0.15) is 5.56 Å². The molecule has 1 aromatic carbocycles. The van der Waals surface area contributed by atoms with Crippen LogP contribution in [0.5, 0.6) is 0 Å². The minimum absolute atomic E-state index is 0.125. The molecule has 0 bridgehead atoms. The predicted molar refractivity (Wildman–Crippen MR) is 62.9 cm³/mol. The van der Waals surface area contributed by atoms with Gasteiger partial charge in [-0.3, -0.25) is 0 Å². The average Bonchev–Trinajstić information content (AvgIpc) is 2.24. The van der Waals surface area contributed by atoms with E-state index in [9.17, 15) is 4.79 Å². The standard InChI is InChI=1S/C10H9Cl3O3/c11-10(12,13)7-16-9(14)15-6-8-4-2-1-3-5-8/h1-5H,6-7H2. The van der Waals surface area contributed by atoms with Crippen molar-refractivity contribution in [1.29, 1.82) is 0 Å². The van der Waals surface area contributed by atoms with Crippen molar-refractivity contribution in [3.05, 3.63) is 35.9 Å². The summed E-state index contributed by atoms with van der Waals surface area (Å²) in [7, 11) is 0. The maximum absolute atomic E-state index is 11.0. The van der Waals surface area contributed by atoms with Crippen LogP contribution in [0.25, 0.3) is 0 Å². The molecule has 0 saturated heterocycles. The van der Waals surface area contributed by atoms with E-state index in [-0.39, 0.29) is 13.2 Å². The molecule has 16 heavy (non-hydrogen) atoms. The molecule has 0 radical (unpaired) electrons. The highest BCUT2D eigenvalue weighted by Crippen LogP contribution is 2.26. The van der Waals surface area contributed by atoms with Crippen molar-refractivity contribution in [2.75, 3.05) is 6.61 Å². The van der Waals surface area contributed by atoms with Crippen molar-refractivity contribution in [1.82, 2.24) is 0 Å². The molecule has 0 aliphatic carbocycles. The number of alkyl halides is 3. The number of carbonyl (C=O) groups excluding carboxylic acids is 1. The minimum atomic E-state index is -1.62. The van der Waals surface area contributed by atoms with Gasteiger partial charge < -0.3 is 9.47 Å². The summed E-state index contributed by atoms with van der Waals surface area (Å²) < 4.78 is 7.74. The quantitative estimate of drug-likeness (QED) is 0.626. The predicted octanol–water partition coefficient (Wildman–Crippen LogP) is 3.71. The summed E-state index contributed by atoms with van der Waals surface area (Å²) in [5, 5.41) is 0. The minimum Gasteiger partial charge on any atom is -0.430 e. The Morgan fingerprint density at radius 3 is 2.31 bits per heavy atom. The molecule has 0 saturated carbocycles. The molecule has 0 heterocycles. The molecular weight excluding hydrogens is 274 g/mol. The molecule has 0 N–H and O–H groups in total. The molecule has 0 amide bonds. The van der Waals surface area contributed by atoms with Gasteiger partial charge in [-0.25, -0.2) is 4.79 Å². The zero-order valence-electron chi connectivity index (χ0n) is 8.16. The second-order valence-electron chi connectivity index (χ2n) is 2.93. The van der Waals surface area contributed by atoms with Crippen molar-refractivity contribution in [3.8, 4) is 0 Å². The average molecular weight is 284 g/mol. The van der Waals surface area contributed by atoms with Crippen LogP contribution in [0.4, 0.5) is 4.79 Å². The fourth-order valence-electron chi connectivity index (χ4n) is 0.899. The largest absolute Gasteiger partial charge is 0.508 e. The molecule has 6 heteroatoms. The first-order valence-corrected chi connectivity index (χ1v) is 5.51. The first-order valence-electron chi connectivity index (χ1n) is 4.37. The topological polar surface area (TPSA) is 35.5 Å². The first kappa shape index (κ1) is 13.4. The van der Waals surface area contributed by atoms with Gasteiger partial charge in [0.1, 0.15) is 13.2 Å². The normalized spacial score (nSPS) is 10.9. The molecule has 0 atom stereocenters. The third-order valence-electron chi connectivity index (χ3n) is 1.55. The van der Waals surface area contributed by atoms with Crippen LogP contribution in [0.15, 0.2) is 30.3 Å². The number of halogens is 3. The second kappa shape index (κ2) is 6.18. The van der Waals surface area contributed by atoms with Gasteiger partial charge in [0, 0.05) is 0 Å². The molecule has 88 valence electrons.